The van der Waals surface area contributed by atoms with Crippen LogP contribution in [0.1, 0.15) is 19.8 Å². The predicted octanol–water partition coefficient (Wildman–Crippen LogP) is 3.73. The van der Waals surface area contributed by atoms with Crippen molar-refractivity contribution in [1.82, 2.24) is 0 Å². The zero-order valence-corrected chi connectivity index (χ0v) is 15.1. The molecule has 0 atom stereocenters. The number of hydrogen-bond acceptors (Lipinski definition) is 4. The Hall–Kier alpha value is -2.21. The first kappa shape index (κ1) is 18.1. The number of unbranched alkanes of at least 4 members (excludes halogenated alkanes) is 1. The fourth-order valence-electron chi connectivity index (χ4n) is 2.09. The van der Waals surface area contributed by atoms with Crippen LogP contribution in [0.5, 0.6) is 5.75 Å². The van der Waals surface area contributed by atoms with Crippen molar-refractivity contribution in [1.29, 1.82) is 0 Å². The lowest BCUT2D eigenvalue weighted by Crippen LogP contribution is -2.13. The first-order valence-corrected chi connectivity index (χ1v) is 9.44. The summed E-state index contributed by atoms with van der Waals surface area (Å²) in [4.78, 5) is 2.16. The highest BCUT2D eigenvalue weighted by Crippen LogP contribution is 2.21. The third-order valence-electron chi connectivity index (χ3n) is 3.54. The van der Waals surface area contributed by atoms with Gasteiger partial charge in [-0.1, -0.05) is 13.3 Å². The number of nitrogens with one attached hydrogen (secondary N) is 1. The molecule has 130 valence electrons. The lowest BCUT2D eigenvalue weighted by Gasteiger charge is -2.13. The molecule has 5 nitrogen and oxygen atoms in total. The number of hydrogen-bond donors (Lipinski definition) is 1. The third kappa shape index (κ3) is 4.89. The van der Waals surface area contributed by atoms with Crippen molar-refractivity contribution in [2.24, 2.45) is 0 Å². The minimum Gasteiger partial charge on any atom is -0.494 e. The topological polar surface area (TPSA) is 58.6 Å². The van der Waals surface area contributed by atoms with E-state index in [2.05, 4.69) is 11.6 Å². The molecule has 0 unspecified atom stereocenters. The Morgan fingerprint density at radius 3 is 2.17 bits per heavy atom. The Morgan fingerprint density at radius 2 is 1.62 bits per heavy atom. The minimum absolute atomic E-state index is 0.210. The summed E-state index contributed by atoms with van der Waals surface area (Å²) in [6.45, 7) is 2.73. The van der Waals surface area contributed by atoms with Crippen LogP contribution < -0.4 is 14.4 Å². The van der Waals surface area contributed by atoms with Crippen LogP contribution in [0.25, 0.3) is 0 Å². The van der Waals surface area contributed by atoms with Crippen LogP contribution in [0, 0.1) is 0 Å². The van der Waals surface area contributed by atoms with E-state index in [1.54, 1.807) is 36.4 Å². The molecule has 0 spiro atoms. The van der Waals surface area contributed by atoms with E-state index in [4.69, 9.17) is 4.74 Å². The maximum absolute atomic E-state index is 12.4. The van der Waals surface area contributed by atoms with Crippen LogP contribution in [0.4, 0.5) is 11.4 Å². The summed E-state index contributed by atoms with van der Waals surface area (Å²) in [5, 5.41) is 0. The van der Waals surface area contributed by atoms with Crippen molar-refractivity contribution in [2.75, 3.05) is 30.3 Å². The highest BCUT2D eigenvalue weighted by atomic mass is 32.2. The normalized spacial score (nSPS) is 11.1. The van der Waals surface area contributed by atoms with Crippen molar-refractivity contribution in [3.8, 4) is 5.75 Å². The molecule has 0 aliphatic rings. The average molecular weight is 348 g/mol. The second-order valence-electron chi connectivity index (χ2n) is 5.72. The summed E-state index contributed by atoms with van der Waals surface area (Å²) in [6, 6.07) is 13.7. The maximum Gasteiger partial charge on any atom is 0.261 e. The van der Waals surface area contributed by atoms with Crippen LogP contribution in [-0.4, -0.2) is 29.1 Å². The molecule has 0 fully saturated rings. The Kier molecular flexibility index (Phi) is 6.09. The average Bonchev–Trinajstić information content (AvgIpc) is 2.56. The molecule has 0 aliphatic heterocycles. The van der Waals surface area contributed by atoms with Gasteiger partial charge in [0.15, 0.2) is 0 Å². The first-order valence-electron chi connectivity index (χ1n) is 7.95. The Morgan fingerprint density at radius 1 is 1.00 bits per heavy atom. The van der Waals surface area contributed by atoms with Gasteiger partial charge in [0.05, 0.1) is 11.5 Å². The van der Waals surface area contributed by atoms with E-state index in [0.717, 1.165) is 18.5 Å². The van der Waals surface area contributed by atoms with Crippen LogP contribution in [0.15, 0.2) is 53.4 Å². The van der Waals surface area contributed by atoms with Crippen molar-refractivity contribution >= 4 is 21.4 Å². The number of anilines is 2. The van der Waals surface area contributed by atoms with E-state index in [1.165, 1.54) is 0 Å². The van der Waals surface area contributed by atoms with Gasteiger partial charge in [-0.05, 0) is 55.0 Å². The molecular weight excluding hydrogens is 324 g/mol. The van der Waals surface area contributed by atoms with Gasteiger partial charge in [0.25, 0.3) is 10.0 Å². The third-order valence-corrected chi connectivity index (χ3v) is 4.93. The maximum atomic E-state index is 12.4. The summed E-state index contributed by atoms with van der Waals surface area (Å²) in [5.41, 5.74) is 1.54. The number of ether oxygens (including phenoxy) is 1. The van der Waals surface area contributed by atoms with Gasteiger partial charge >= 0.3 is 0 Å². The highest BCUT2D eigenvalue weighted by molar-refractivity contribution is 7.92. The number of sulfonamides is 1. The molecule has 2 aromatic rings. The monoisotopic (exact) mass is 348 g/mol. The van der Waals surface area contributed by atoms with Gasteiger partial charge in [0.1, 0.15) is 5.75 Å². The zero-order valence-electron chi connectivity index (χ0n) is 14.3. The molecule has 0 bridgehead atoms. The minimum atomic E-state index is -3.61. The van der Waals surface area contributed by atoms with Crippen molar-refractivity contribution in [2.45, 2.75) is 24.7 Å². The standard InChI is InChI=1S/C18H24N2O3S/c1-4-5-14-23-17-10-12-18(13-11-17)24(21,22)19-15-6-8-16(9-7-15)20(2)3/h6-13,19H,4-5,14H2,1-3H3. The molecule has 0 radical (unpaired) electrons. The smallest absolute Gasteiger partial charge is 0.261 e. The highest BCUT2D eigenvalue weighted by Gasteiger charge is 2.14. The van der Waals surface area contributed by atoms with Gasteiger partial charge in [0, 0.05) is 25.5 Å². The number of benzene rings is 2. The molecule has 0 saturated heterocycles. The van der Waals surface area contributed by atoms with E-state index < -0.39 is 10.0 Å². The molecule has 0 aliphatic carbocycles. The molecule has 0 aromatic heterocycles. The Balaban J connectivity index is 2.06. The summed E-state index contributed by atoms with van der Waals surface area (Å²) >= 11 is 0. The largest absolute Gasteiger partial charge is 0.494 e. The molecular formula is C18H24N2O3S. The van der Waals surface area contributed by atoms with Crippen LogP contribution in [-0.2, 0) is 10.0 Å². The van der Waals surface area contributed by atoms with E-state index in [-0.39, 0.29) is 4.90 Å². The number of nitrogens with zero attached hydrogens (tertiary/aromatic N) is 1. The molecule has 24 heavy (non-hydrogen) atoms. The van der Waals surface area contributed by atoms with E-state index in [9.17, 15) is 8.42 Å². The van der Waals surface area contributed by atoms with Gasteiger partial charge in [0.2, 0.25) is 0 Å². The Bertz CT molecular complexity index is 739. The van der Waals surface area contributed by atoms with E-state index >= 15 is 0 Å². The molecule has 0 amide bonds. The first-order chi connectivity index (χ1) is 11.4. The van der Waals surface area contributed by atoms with Crippen molar-refractivity contribution in [3.63, 3.8) is 0 Å². The summed E-state index contributed by atoms with van der Waals surface area (Å²) < 4.78 is 33.0. The van der Waals surface area contributed by atoms with Crippen LogP contribution >= 0.6 is 0 Å². The van der Waals surface area contributed by atoms with Gasteiger partial charge in [-0.15, -0.1) is 0 Å². The molecule has 1 N–H and O–H groups in total. The van der Waals surface area contributed by atoms with Crippen molar-refractivity contribution in [3.05, 3.63) is 48.5 Å². The Labute approximate surface area is 144 Å². The molecule has 0 heterocycles. The SMILES string of the molecule is CCCCOc1ccc(S(=O)(=O)Nc2ccc(N(C)C)cc2)cc1. The fourth-order valence-corrected chi connectivity index (χ4v) is 3.15. The van der Waals surface area contributed by atoms with E-state index in [1.807, 2.05) is 31.1 Å². The lowest BCUT2D eigenvalue weighted by molar-refractivity contribution is 0.309. The predicted molar refractivity (Wildman–Crippen MR) is 98.4 cm³/mol. The lowest BCUT2D eigenvalue weighted by atomic mass is 10.3. The number of rotatable bonds is 8. The van der Waals surface area contributed by atoms with Crippen molar-refractivity contribution < 1.29 is 13.2 Å². The van der Waals surface area contributed by atoms with Gasteiger partial charge in [-0.2, -0.15) is 0 Å². The van der Waals surface area contributed by atoms with E-state index in [0.29, 0.717) is 18.0 Å². The zero-order chi connectivity index (χ0) is 17.6. The van der Waals surface area contributed by atoms with Gasteiger partial charge < -0.3 is 9.64 Å². The molecule has 0 saturated carbocycles. The summed E-state index contributed by atoms with van der Waals surface area (Å²) in [7, 11) is 0.260. The molecule has 2 rings (SSSR count). The van der Waals surface area contributed by atoms with Gasteiger partial charge in [-0.25, -0.2) is 8.42 Å². The molecule has 2 aromatic carbocycles. The summed E-state index contributed by atoms with van der Waals surface area (Å²) in [5.74, 6) is 0.678. The second kappa shape index (κ2) is 8.06. The van der Waals surface area contributed by atoms with Gasteiger partial charge in [-0.3, -0.25) is 4.72 Å². The quantitative estimate of drug-likeness (QED) is 0.739. The molecule has 6 heteroatoms. The fraction of sp³-hybridized carbons (Fsp3) is 0.333. The van der Waals surface area contributed by atoms with Crippen LogP contribution in [0.3, 0.4) is 0 Å². The van der Waals surface area contributed by atoms with Crippen LogP contribution in [0.2, 0.25) is 0 Å². The summed E-state index contributed by atoms with van der Waals surface area (Å²) in [6.07, 6.45) is 2.04. The second-order valence-corrected chi connectivity index (χ2v) is 7.40.